The van der Waals surface area contributed by atoms with Crippen LogP contribution < -0.4 is 15.4 Å². The van der Waals surface area contributed by atoms with Gasteiger partial charge in [0.2, 0.25) is 0 Å². The number of hydrogen-bond donors (Lipinski definition) is 2. The molecule has 8 nitrogen and oxygen atoms in total. The molecule has 1 aromatic carbocycles. The summed E-state index contributed by atoms with van der Waals surface area (Å²) in [5.74, 6) is 1.72. The number of benzene rings is 1. The first kappa shape index (κ1) is 23.8. The third-order valence-electron chi connectivity index (χ3n) is 5.61. The van der Waals surface area contributed by atoms with Crippen molar-refractivity contribution in [2.75, 3.05) is 72.9 Å². The first-order valence-corrected chi connectivity index (χ1v) is 11.5. The number of ether oxygens (including phenoxy) is 4. The summed E-state index contributed by atoms with van der Waals surface area (Å²) in [6, 6.07) is 8.52. The van der Waals surface area contributed by atoms with Gasteiger partial charge in [-0.25, -0.2) is 0 Å². The molecule has 0 radical (unpaired) electrons. The molecule has 0 amide bonds. The topological polar surface area (TPSA) is 76.6 Å². The van der Waals surface area contributed by atoms with Crippen molar-refractivity contribution in [1.29, 1.82) is 0 Å². The maximum atomic E-state index is 5.84. The molecule has 2 saturated heterocycles. The molecule has 8 heteroatoms. The van der Waals surface area contributed by atoms with Gasteiger partial charge in [-0.15, -0.1) is 0 Å². The number of nitrogens with one attached hydrogen (secondary N) is 2. The summed E-state index contributed by atoms with van der Waals surface area (Å²) < 4.78 is 22.1. The molecule has 0 spiro atoms. The summed E-state index contributed by atoms with van der Waals surface area (Å²) in [5, 5.41) is 6.80. The fourth-order valence-electron chi connectivity index (χ4n) is 3.84. The summed E-state index contributed by atoms with van der Waals surface area (Å²) >= 11 is 0. The van der Waals surface area contributed by atoms with E-state index >= 15 is 0 Å². The number of hydrogen-bond acceptors (Lipinski definition) is 6. The first-order chi connectivity index (χ1) is 15.3. The van der Waals surface area contributed by atoms with E-state index in [0.29, 0.717) is 6.54 Å². The van der Waals surface area contributed by atoms with Crippen molar-refractivity contribution in [1.82, 2.24) is 15.5 Å². The van der Waals surface area contributed by atoms with Crippen molar-refractivity contribution >= 4 is 5.96 Å². The standard InChI is InChI=1S/C23H38N4O4/c1-3-24-23(25-10-4-13-31-21-9-14-30-18-21)26-17-22(27-11-15-29-16-12-27)19-5-7-20(28-2)8-6-19/h5-8,21-22H,3-4,9-18H2,1-2H3,(H2,24,25,26). The zero-order valence-corrected chi connectivity index (χ0v) is 19.0. The number of aliphatic imine (C=N–C) groups is 1. The average Bonchev–Trinajstić information content (AvgIpc) is 3.33. The molecule has 2 fully saturated rings. The SMILES string of the molecule is CCNC(=NCC(c1ccc(OC)cc1)N1CCOCC1)NCCCOC1CCOC1. The minimum atomic E-state index is 0.205. The summed E-state index contributed by atoms with van der Waals surface area (Å²) in [4.78, 5) is 7.36. The van der Waals surface area contributed by atoms with Crippen LogP contribution in [0.1, 0.15) is 31.4 Å². The van der Waals surface area contributed by atoms with Gasteiger partial charge in [0.1, 0.15) is 5.75 Å². The molecular weight excluding hydrogens is 396 g/mol. The average molecular weight is 435 g/mol. The molecule has 2 aliphatic rings. The fraction of sp³-hybridized carbons (Fsp3) is 0.696. The number of methoxy groups -OCH3 is 1. The largest absolute Gasteiger partial charge is 0.497 e. The predicted octanol–water partition coefficient (Wildman–Crippen LogP) is 1.82. The molecule has 2 unspecified atom stereocenters. The van der Waals surface area contributed by atoms with Gasteiger partial charge in [-0.3, -0.25) is 9.89 Å². The molecule has 0 aromatic heterocycles. The molecule has 0 aliphatic carbocycles. The Kier molecular flexibility index (Phi) is 10.4. The molecule has 0 saturated carbocycles. The second kappa shape index (κ2) is 13.5. The van der Waals surface area contributed by atoms with Gasteiger partial charge in [-0.1, -0.05) is 12.1 Å². The second-order valence-corrected chi connectivity index (χ2v) is 7.79. The lowest BCUT2D eigenvalue weighted by atomic mass is 10.0. The smallest absolute Gasteiger partial charge is 0.191 e. The van der Waals surface area contributed by atoms with Crippen molar-refractivity contribution in [3.05, 3.63) is 29.8 Å². The summed E-state index contributed by atoms with van der Waals surface area (Å²) in [5.41, 5.74) is 1.24. The van der Waals surface area contributed by atoms with Crippen LogP contribution >= 0.6 is 0 Å². The molecule has 31 heavy (non-hydrogen) atoms. The minimum Gasteiger partial charge on any atom is -0.497 e. The van der Waals surface area contributed by atoms with Gasteiger partial charge in [0.15, 0.2) is 5.96 Å². The van der Waals surface area contributed by atoms with Gasteiger partial charge in [0.25, 0.3) is 0 Å². The van der Waals surface area contributed by atoms with Gasteiger partial charge in [-0.05, 0) is 37.5 Å². The van der Waals surface area contributed by atoms with Crippen LogP contribution in [0.25, 0.3) is 0 Å². The predicted molar refractivity (Wildman–Crippen MR) is 122 cm³/mol. The fourth-order valence-corrected chi connectivity index (χ4v) is 3.84. The van der Waals surface area contributed by atoms with Crippen LogP contribution in [0.2, 0.25) is 0 Å². The third-order valence-corrected chi connectivity index (χ3v) is 5.61. The summed E-state index contributed by atoms with van der Waals surface area (Å²) in [6.07, 6.45) is 2.21. The van der Waals surface area contributed by atoms with E-state index in [1.54, 1.807) is 7.11 Å². The van der Waals surface area contributed by atoms with E-state index in [4.69, 9.17) is 23.9 Å². The van der Waals surface area contributed by atoms with E-state index in [9.17, 15) is 0 Å². The maximum absolute atomic E-state index is 5.84. The van der Waals surface area contributed by atoms with Crippen molar-refractivity contribution in [2.24, 2.45) is 4.99 Å². The lowest BCUT2D eigenvalue weighted by Gasteiger charge is -2.34. The highest BCUT2D eigenvalue weighted by Crippen LogP contribution is 2.24. The van der Waals surface area contributed by atoms with Crippen LogP contribution in [0, 0.1) is 0 Å². The van der Waals surface area contributed by atoms with E-state index in [2.05, 4.69) is 34.6 Å². The Balaban J connectivity index is 1.55. The molecule has 0 bridgehead atoms. The van der Waals surface area contributed by atoms with Gasteiger partial charge in [-0.2, -0.15) is 0 Å². The third kappa shape index (κ3) is 7.96. The zero-order chi connectivity index (χ0) is 21.7. The number of nitrogens with zero attached hydrogens (tertiary/aromatic N) is 2. The highest BCUT2D eigenvalue weighted by Gasteiger charge is 2.23. The summed E-state index contributed by atoms with van der Waals surface area (Å²) in [7, 11) is 1.69. The molecule has 2 N–H and O–H groups in total. The van der Waals surface area contributed by atoms with Crippen molar-refractivity contribution in [3.8, 4) is 5.75 Å². The van der Waals surface area contributed by atoms with Crippen LogP contribution in [-0.4, -0.2) is 89.8 Å². The van der Waals surface area contributed by atoms with Crippen LogP contribution in [0.5, 0.6) is 5.75 Å². The van der Waals surface area contributed by atoms with Crippen molar-refractivity contribution in [3.63, 3.8) is 0 Å². The second-order valence-electron chi connectivity index (χ2n) is 7.79. The van der Waals surface area contributed by atoms with Crippen molar-refractivity contribution in [2.45, 2.75) is 31.9 Å². The molecule has 3 rings (SSSR count). The number of rotatable bonds is 11. The van der Waals surface area contributed by atoms with Crippen LogP contribution in [-0.2, 0) is 14.2 Å². The lowest BCUT2D eigenvalue weighted by Crippen LogP contribution is -2.42. The van der Waals surface area contributed by atoms with E-state index in [1.807, 2.05) is 12.1 Å². The van der Waals surface area contributed by atoms with Gasteiger partial charge in [0, 0.05) is 39.4 Å². The first-order valence-electron chi connectivity index (χ1n) is 11.5. The van der Waals surface area contributed by atoms with Gasteiger partial charge >= 0.3 is 0 Å². The molecule has 2 aliphatic heterocycles. The normalized spacial score (nSPS) is 21.1. The Morgan fingerprint density at radius 3 is 2.65 bits per heavy atom. The Morgan fingerprint density at radius 2 is 1.97 bits per heavy atom. The molecule has 2 heterocycles. The zero-order valence-electron chi connectivity index (χ0n) is 19.0. The van der Waals surface area contributed by atoms with E-state index < -0.39 is 0 Å². The number of guanidine groups is 1. The van der Waals surface area contributed by atoms with Gasteiger partial charge in [0.05, 0.1) is 45.6 Å². The Labute approximate surface area is 186 Å². The maximum Gasteiger partial charge on any atom is 0.191 e. The quantitative estimate of drug-likeness (QED) is 0.313. The Hall–Kier alpha value is -1.87. The van der Waals surface area contributed by atoms with E-state index in [-0.39, 0.29) is 12.1 Å². The minimum absolute atomic E-state index is 0.205. The molecular formula is C23H38N4O4. The highest BCUT2D eigenvalue weighted by atomic mass is 16.5. The Morgan fingerprint density at radius 1 is 1.16 bits per heavy atom. The van der Waals surface area contributed by atoms with E-state index in [1.165, 1.54) is 5.56 Å². The highest BCUT2D eigenvalue weighted by molar-refractivity contribution is 5.79. The molecule has 1 aromatic rings. The van der Waals surface area contributed by atoms with Crippen LogP contribution in [0.15, 0.2) is 29.3 Å². The number of morpholine rings is 1. The molecule has 2 atom stereocenters. The van der Waals surface area contributed by atoms with Crippen LogP contribution in [0.4, 0.5) is 0 Å². The monoisotopic (exact) mass is 434 g/mol. The Bertz CT molecular complexity index is 643. The summed E-state index contributed by atoms with van der Waals surface area (Å²) in [6.45, 7) is 10.1. The van der Waals surface area contributed by atoms with Gasteiger partial charge < -0.3 is 29.6 Å². The van der Waals surface area contributed by atoms with E-state index in [0.717, 1.165) is 83.8 Å². The molecule has 174 valence electrons. The lowest BCUT2D eigenvalue weighted by molar-refractivity contribution is 0.0179. The van der Waals surface area contributed by atoms with Crippen LogP contribution in [0.3, 0.4) is 0 Å². The van der Waals surface area contributed by atoms with Crippen molar-refractivity contribution < 1.29 is 18.9 Å².